The molecule has 0 aromatic heterocycles. The van der Waals surface area contributed by atoms with Crippen molar-refractivity contribution in [2.75, 3.05) is 26.4 Å². The summed E-state index contributed by atoms with van der Waals surface area (Å²) >= 11 is 0. The van der Waals surface area contributed by atoms with Crippen molar-refractivity contribution in [3.63, 3.8) is 0 Å². The molecule has 5 nitrogen and oxygen atoms in total. The smallest absolute Gasteiger partial charge is 0.251 e. The van der Waals surface area contributed by atoms with Crippen LogP contribution in [-0.4, -0.2) is 32.3 Å². The molecule has 0 spiro atoms. The van der Waals surface area contributed by atoms with Crippen molar-refractivity contribution in [3.05, 3.63) is 66.2 Å². The van der Waals surface area contributed by atoms with Crippen LogP contribution in [-0.2, 0) is 0 Å². The Morgan fingerprint density at radius 1 is 0.821 bits per heavy atom. The normalized spacial score (nSPS) is 10.5. The molecule has 3 rings (SSSR count). The molecule has 146 valence electrons. The number of nitrogens with one attached hydrogen (secondary N) is 1. The lowest BCUT2D eigenvalue weighted by Gasteiger charge is -2.13. The van der Waals surface area contributed by atoms with Crippen molar-refractivity contribution in [2.45, 2.75) is 13.8 Å². The van der Waals surface area contributed by atoms with Gasteiger partial charge in [-0.3, -0.25) is 4.79 Å². The van der Waals surface area contributed by atoms with E-state index < -0.39 is 0 Å². The molecule has 0 bridgehead atoms. The predicted octanol–water partition coefficient (Wildman–Crippen LogP) is 4.45. The molecule has 0 heterocycles. The van der Waals surface area contributed by atoms with Crippen LogP contribution in [0.1, 0.15) is 24.2 Å². The number of rotatable bonds is 9. The summed E-state index contributed by atoms with van der Waals surface area (Å²) in [4.78, 5) is 12.4. The van der Waals surface area contributed by atoms with Crippen molar-refractivity contribution >= 4 is 16.7 Å². The molecule has 28 heavy (non-hydrogen) atoms. The monoisotopic (exact) mass is 379 g/mol. The van der Waals surface area contributed by atoms with Crippen LogP contribution in [0.3, 0.4) is 0 Å². The van der Waals surface area contributed by atoms with Crippen LogP contribution in [0.5, 0.6) is 17.2 Å². The zero-order chi connectivity index (χ0) is 19.8. The minimum Gasteiger partial charge on any atom is -0.492 e. The number of ether oxygens (including phenoxy) is 3. The zero-order valence-corrected chi connectivity index (χ0v) is 16.2. The van der Waals surface area contributed by atoms with Gasteiger partial charge in [-0.15, -0.1) is 0 Å². The molecule has 0 aliphatic carbocycles. The van der Waals surface area contributed by atoms with Crippen molar-refractivity contribution in [3.8, 4) is 17.2 Å². The van der Waals surface area contributed by atoms with Gasteiger partial charge < -0.3 is 19.5 Å². The average Bonchev–Trinajstić information content (AvgIpc) is 2.72. The Balaban J connectivity index is 1.54. The van der Waals surface area contributed by atoms with Gasteiger partial charge in [0.25, 0.3) is 5.91 Å². The Morgan fingerprint density at radius 3 is 2.36 bits per heavy atom. The lowest BCUT2D eigenvalue weighted by molar-refractivity contribution is 0.0946. The van der Waals surface area contributed by atoms with Gasteiger partial charge in [-0.1, -0.05) is 30.3 Å². The van der Waals surface area contributed by atoms with Crippen LogP contribution in [0.2, 0.25) is 0 Å². The van der Waals surface area contributed by atoms with Gasteiger partial charge >= 0.3 is 0 Å². The maximum absolute atomic E-state index is 12.4. The highest BCUT2D eigenvalue weighted by molar-refractivity contribution is 5.94. The Hall–Kier alpha value is -3.21. The summed E-state index contributed by atoms with van der Waals surface area (Å²) in [5, 5.41) is 5.16. The van der Waals surface area contributed by atoms with E-state index in [0.717, 1.165) is 11.1 Å². The summed E-state index contributed by atoms with van der Waals surface area (Å²) in [5.74, 6) is 1.82. The lowest BCUT2D eigenvalue weighted by Crippen LogP contribution is -2.28. The second kappa shape index (κ2) is 9.65. The molecule has 0 fully saturated rings. The lowest BCUT2D eigenvalue weighted by atomic mass is 10.1. The fraction of sp³-hybridized carbons (Fsp3) is 0.261. The molecule has 1 N–H and O–H groups in total. The van der Waals surface area contributed by atoms with E-state index in [4.69, 9.17) is 14.2 Å². The number of carbonyl (C=O) groups is 1. The van der Waals surface area contributed by atoms with E-state index >= 15 is 0 Å². The Kier molecular flexibility index (Phi) is 6.73. The molecular weight excluding hydrogens is 354 g/mol. The maximum Gasteiger partial charge on any atom is 0.251 e. The summed E-state index contributed by atoms with van der Waals surface area (Å²) in [7, 11) is 0. The highest BCUT2D eigenvalue weighted by Crippen LogP contribution is 2.28. The highest BCUT2D eigenvalue weighted by Gasteiger charge is 2.11. The van der Waals surface area contributed by atoms with E-state index in [-0.39, 0.29) is 5.91 Å². The van der Waals surface area contributed by atoms with Crippen molar-refractivity contribution in [1.29, 1.82) is 0 Å². The van der Waals surface area contributed by atoms with Gasteiger partial charge in [-0.25, -0.2) is 0 Å². The van der Waals surface area contributed by atoms with E-state index in [0.29, 0.717) is 43.4 Å². The highest BCUT2D eigenvalue weighted by atomic mass is 16.5. The second-order valence-corrected chi connectivity index (χ2v) is 6.14. The Labute approximate surface area is 165 Å². The molecular formula is C23H25NO4. The third-order valence-electron chi connectivity index (χ3n) is 4.18. The first-order valence-electron chi connectivity index (χ1n) is 9.50. The van der Waals surface area contributed by atoms with Gasteiger partial charge in [-0.05, 0) is 55.0 Å². The van der Waals surface area contributed by atoms with Crippen LogP contribution < -0.4 is 19.5 Å². The molecule has 3 aromatic carbocycles. The van der Waals surface area contributed by atoms with Crippen LogP contribution in [0.4, 0.5) is 0 Å². The Morgan fingerprint density at radius 2 is 1.57 bits per heavy atom. The molecule has 0 aliphatic rings. The summed E-state index contributed by atoms with van der Waals surface area (Å²) in [6, 6.07) is 19.3. The van der Waals surface area contributed by atoms with Crippen molar-refractivity contribution in [1.82, 2.24) is 5.32 Å². The number of benzene rings is 3. The molecule has 0 saturated heterocycles. The van der Waals surface area contributed by atoms with E-state index in [1.807, 2.05) is 50.2 Å². The molecule has 3 aromatic rings. The van der Waals surface area contributed by atoms with Crippen molar-refractivity contribution < 1.29 is 19.0 Å². The van der Waals surface area contributed by atoms with Gasteiger partial charge in [-0.2, -0.15) is 0 Å². The third-order valence-corrected chi connectivity index (χ3v) is 4.18. The summed E-state index contributed by atoms with van der Waals surface area (Å²) in [6.45, 7) is 5.64. The van der Waals surface area contributed by atoms with Crippen LogP contribution >= 0.6 is 0 Å². The number of fused-ring (bicyclic) bond motifs is 1. The van der Waals surface area contributed by atoms with Crippen LogP contribution in [0.25, 0.3) is 10.8 Å². The fourth-order valence-electron chi connectivity index (χ4n) is 2.89. The molecule has 0 unspecified atom stereocenters. The first-order chi connectivity index (χ1) is 13.7. The van der Waals surface area contributed by atoms with Gasteiger partial charge in [0.05, 0.1) is 19.8 Å². The maximum atomic E-state index is 12.4. The minimum absolute atomic E-state index is 0.175. The van der Waals surface area contributed by atoms with Crippen LogP contribution in [0.15, 0.2) is 60.7 Å². The average molecular weight is 379 g/mol. The first-order valence-corrected chi connectivity index (χ1v) is 9.50. The minimum atomic E-state index is -0.175. The number of hydrogen-bond acceptors (Lipinski definition) is 4. The third kappa shape index (κ3) is 4.94. The molecule has 0 aliphatic heterocycles. The number of carbonyl (C=O) groups excluding carboxylic acids is 1. The van der Waals surface area contributed by atoms with E-state index in [2.05, 4.69) is 11.4 Å². The second-order valence-electron chi connectivity index (χ2n) is 6.14. The predicted molar refractivity (Wildman–Crippen MR) is 111 cm³/mol. The van der Waals surface area contributed by atoms with Gasteiger partial charge in [0.2, 0.25) is 0 Å². The standard InChI is InChI=1S/C23H25NO4/c1-3-26-21-12-10-19(16-22(21)27-4-2)23(25)24-13-14-28-20-11-9-17-7-5-6-8-18(17)15-20/h5-12,15-16H,3-4,13-14H2,1-2H3,(H,24,25). The summed E-state index contributed by atoms with van der Waals surface area (Å²) in [5.41, 5.74) is 0.526. The quantitative estimate of drug-likeness (QED) is 0.558. The first kappa shape index (κ1) is 19.5. The SMILES string of the molecule is CCOc1ccc(C(=O)NCCOc2ccc3ccccc3c2)cc1OCC. The van der Waals surface area contributed by atoms with E-state index in [9.17, 15) is 4.79 Å². The number of amides is 1. The van der Waals surface area contributed by atoms with E-state index in [1.165, 1.54) is 5.39 Å². The molecule has 5 heteroatoms. The Bertz CT molecular complexity index is 939. The summed E-state index contributed by atoms with van der Waals surface area (Å²) in [6.07, 6.45) is 0. The van der Waals surface area contributed by atoms with Gasteiger partial charge in [0, 0.05) is 5.56 Å². The van der Waals surface area contributed by atoms with Gasteiger partial charge in [0.1, 0.15) is 12.4 Å². The largest absolute Gasteiger partial charge is 0.492 e. The fourth-order valence-corrected chi connectivity index (χ4v) is 2.89. The van der Waals surface area contributed by atoms with Gasteiger partial charge in [0.15, 0.2) is 11.5 Å². The molecule has 0 radical (unpaired) electrons. The van der Waals surface area contributed by atoms with Crippen LogP contribution in [0, 0.1) is 0 Å². The topological polar surface area (TPSA) is 56.8 Å². The molecule has 1 amide bonds. The van der Waals surface area contributed by atoms with Crippen molar-refractivity contribution in [2.24, 2.45) is 0 Å². The molecule has 0 atom stereocenters. The number of hydrogen-bond donors (Lipinski definition) is 1. The molecule has 0 saturated carbocycles. The zero-order valence-electron chi connectivity index (χ0n) is 16.2. The summed E-state index contributed by atoms with van der Waals surface area (Å²) < 4.78 is 16.8. The van der Waals surface area contributed by atoms with E-state index in [1.54, 1.807) is 18.2 Å².